The Morgan fingerprint density at radius 3 is 2.88 bits per heavy atom. The molecule has 0 unspecified atom stereocenters. The molecule has 0 atom stereocenters. The van der Waals surface area contributed by atoms with Crippen LogP contribution < -0.4 is 0 Å². The number of ketones is 1. The first-order chi connectivity index (χ1) is 8.27. The summed E-state index contributed by atoms with van der Waals surface area (Å²) < 4.78 is 1.53. The lowest BCUT2D eigenvalue weighted by molar-refractivity contribution is 0.101. The fraction of sp³-hybridized carbons (Fsp3) is 0.214. The summed E-state index contributed by atoms with van der Waals surface area (Å²) in [4.78, 5) is 12.5. The van der Waals surface area contributed by atoms with Gasteiger partial charge in [-0.05, 0) is 24.0 Å². The minimum atomic E-state index is 0.0486. The van der Waals surface area contributed by atoms with Gasteiger partial charge in [0.1, 0.15) is 5.70 Å². The SMILES string of the molecule is O=C1C2=C(C=CCN2Cl)CCc2ccccc21. The average molecular weight is 246 g/mol. The molecule has 0 amide bonds. The van der Waals surface area contributed by atoms with Crippen LogP contribution in [0.2, 0.25) is 0 Å². The smallest absolute Gasteiger partial charge is 0.210 e. The summed E-state index contributed by atoms with van der Waals surface area (Å²) >= 11 is 6.13. The van der Waals surface area contributed by atoms with Crippen molar-refractivity contribution < 1.29 is 4.79 Å². The molecule has 0 spiro atoms. The van der Waals surface area contributed by atoms with Crippen LogP contribution in [0.15, 0.2) is 47.7 Å². The van der Waals surface area contributed by atoms with Gasteiger partial charge in [-0.25, -0.2) is 0 Å². The van der Waals surface area contributed by atoms with Crippen LogP contribution in [0, 0.1) is 0 Å². The second-order valence-corrected chi connectivity index (χ2v) is 4.72. The Kier molecular flexibility index (Phi) is 2.52. The fourth-order valence-corrected chi connectivity index (χ4v) is 2.69. The highest BCUT2D eigenvalue weighted by molar-refractivity contribution is 6.21. The predicted octanol–water partition coefficient (Wildman–Crippen LogP) is 3.10. The highest BCUT2D eigenvalue weighted by atomic mass is 35.5. The molecule has 0 radical (unpaired) electrons. The molecule has 0 aromatic heterocycles. The molecular weight excluding hydrogens is 234 g/mol. The molecule has 86 valence electrons. The summed E-state index contributed by atoms with van der Waals surface area (Å²) in [5.74, 6) is 0.0486. The van der Waals surface area contributed by atoms with Crippen molar-refractivity contribution in [2.24, 2.45) is 0 Å². The highest BCUT2D eigenvalue weighted by Gasteiger charge is 2.27. The van der Waals surface area contributed by atoms with Gasteiger partial charge in [-0.1, -0.05) is 36.4 Å². The zero-order chi connectivity index (χ0) is 11.8. The number of carbonyl (C=O) groups is 1. The number of nitrogens with zero attached hydrogens (tertiary/aromatic N) is 1. The number of fused-ring (bicyclic) bond motifs is 1. The van der Waals surface area contributed by atoms with Gasteiger partial charge in [-0.3, -0.25) is 9.21 Å². The number of hydrogen-bond acceptors (Lipinski definition) is 2. The van der Waals surface area contributed by atoms with E-state index in [1.54, 1.807) is 0 Å². The molecule has 3 heteroatoms. The first kappa shape index (κ1) is 10.6. The molecule has 2 aliphatic rings. The minimum Gasteiger partial charge on any atom is -0.287 e. The summed E-state index contributed by atoms with van der Waals surface area (Å²) in [6, 6.07) is 7.79. The van der Waals surface area contributed by atoms with Gasteiger partial charge in [0, 0.05) is 17.3 Å². The van der Waals surface area contributed by atoms with E-state index < -0.39 is 0 Å². The zero-order valence-electron chi connectivity index (χ0n) is 9.32. The van der Waals surface area contributed by atoms with Crippen molar-refractivity contribution in [1.29, 1.82) is 0 Å². The maximum absolute atomic E-state index is 12.5. The Labute approximate surface area is 105 Å². The third-order valence-corrected chi connectivity index (χ3v) is 3.58. The molecule has 0 saturated carbocycles. The van der Waals surface area contributed by atoms with E-state index in [2.05, 4.69) is 0 Å². The van der Waals surface area contributed by atoms with Crippen molar-refractivity contribution in [3.05, 3.63) is 58.8 Å². The normalized spacial score (nSPS) is 18.9. The second kappa shape index (κ2) is 4.04. The molecule has 1 aliphatic heterocycles. The first-order valence-corrected chi connectivity index (χ1v) is 6.07. The van der Waals surface area contributed by atoms with Crippen LogP contribution in [0.4, 0.5) is 0 Å². The van der Waals surface area contributed by atoms with Gasteiger partial charge in [0.05, 0.1) is 6.54 Å². The van der Waals surface area contributed by atoms with Crippen molar-refractivity contribution in [1.82, 2.24) is 4.42 Å². The van der Waals surface area contributed by atoms with Crippen molar-refractivity contribution in [3.63, 3.8) is 0 Å². The van der Waals surface area contributed by atoms with Gasteiger partial charge >= 0.3 is 0 Å². The maximum Gasteiger partial charge on any atom is 0.210 e. The Bertz CT molecular complexity index is 545. The van der Waals surface area contributed by atoms with E-state index in [1.807, 2.05) is 36.4 Å². The molecule has 0 saturated heterocycles. The number of rotatable bonds is 0. The lowest BCUT2D eigenvalue weighted by Crippen LogP contribution is -2.23. The van der Waals surface area contributed by atoms with E-state index >= 15 is 0 Å². The summed E-state index contributed by atoms with van der Waals surface area (Å²) in [6.45, 7) is 0.592. The lowest BCUT2D eigenvalue weighted by atomic mass is 10.0. The molecule has 17 heavy (non-hydrogen) atoms. The Morgan fingerprint density at radius 2 is 2.00 bits per heavy atom. The molecule has 0 N–H and O–H groups in total. The Morgan fingerprint density at radius 1 is 1.18 bits per heavy atom. The largest absolute Gasteiger partial charge is 0.287 e. The van der Waals surface area contributed by atoms with Gasteiger partial charge in [0.25, 0.3) is 0 Å². The number of allylic oxidation sites excluding steroid dienone is 3. The average Bonchev–Trinajstić information content (AvgIpc) is 2.49. The van der Waals surface area contributed by atoms with Crippen LogP contribution >= 0.6 is 11.8 Å². The summed E-state index contributed by atoms with van der Waals surface area (Å²) in [5, 5.41) is 0. The van der Waals surface area contributed by atoms with Crippen molar-refractivity contribution in [2.45, 2.75) is 12.8 Å². The number of halogens is 1. The molecule has 0 bridgehead atoms. The van der Waals surface area contributed by atoms with E-state index in [4.69, 9.17) is 11.8 Å². The topological polar surface area (TPSA) is 20.3 Å². The van der Waals surface area contributed by atoms with E-state index in [1.165, 1.54) is 4.42 Å². The molecule has 1 aliphatic carbocycles. The van der Waals surface area contributed by atoms with Crippen LogP contribution in [0.1, 0.15) is 22.3 Å². The van der Waals surface area contributed by atoms with E-state index in [9.17, 15) is 4.79 Å². The summed E-state index contributed by atoms with van der Waals surface area (Å²) in [7, 11) is 0. The Hall–Kier alpha value is -1.54. The molecule has 1 aromatic rings. The monoisotopic (exact) mass is 245 g/mol. The quantitative estimate of drug-likeness (QED) is 0.655. The molecule has 0 fully saturated rings. The number of carbonyl (C=O) groups excluding carboxylic acids is 1. The predicted molar refractivity (Wildman–Crippen MR) is 67.8 cm³/mol. The van der Waals surface area contributed by atoms with Crippen LogP contribution in [-0.2, 0) is 6.42 Å². The molecule has 2 nitrogen and oxygen atoms in total. The van der Waals surface area contributed by atoms with Crippen LogP contribution in [-0.4, -0.2) is 16.7 Å². The fourth-order valence-electron chi connectivity index (χ4n) is 2.43. The third kappa shape index (κ3) is 1.69. The van der Waals surface area contributed by atoms with Gasteiger partial charge in [0.2, 0.25) is 5.78 Å². The molecule has 3 rings (SSSR count). The summed E-state index contributed by atoms with van der Waals surface area (Å²) in [6.07, 6.45) is 5.79. The maximum atomic E-state index is 12.5. The van der Waals surface area contributed by atoms with Crippen LogP contribution in [0.25, 0.3) is 0 Å². The van der Waals surface area contributed by atoms with Crippen molar-refractivity contribution in [2.75, 3.05) is 6.54 Å². The minimum absolute atomic E-state index is 0.0486. The van der Waals surface area contributed by atoms with Gasteiger partial charge in [-0.15, -0.1) is 0 Å². The van der Waals surface area contributed by atoms with Crippen molar-refractivity contribution in [3.8, 4) is 0 Å². The van der Waals surface area contributed by atoms with Gasteiger partial charge < -0.3 is 0 Å². The standard InChI is InChI=1S/C14H12ClNO/c15-16-9-3-5-11-8-7-10-4-1-2-6-12(10)14(17)13(11)16/h1-6H,7-9H2. The zero-order valence-corrected chi connectivity index (χ0v) is 10.1. The van der Waals surface area contributed by atoms with E-state index in [-0.39, 0.29) is 5.78 Å². The molecule has 1 heterocycles. The lowest BCUT2D eigenvalue weighted by Gasteiger charge is -2.22. The van der Waals surface area contributed by atoms with E-state index in [0.29, 0.717) is 12.2 Å². The van der Waals surface area contributed by atoms with Gasteiger partial charge in [0.15, 0.2) is 0 Å². The Balaban J connectivity index is 2.15. The summed E-state index contributed by atoms with van der Waals surface area (Å²) in [5.41, 5.74) is 3.61. The number of benzene rings is 1. The van der Waals surface area contributed by atoms with Crippen LogP contribution in [0.3, 0.4) is 0 Å². The third-order valence-electron chi connectivity index (χ3n) is 3.27. The van der Waals surface area contributed by atoms with E-state index in [0.717, 1.165) is 29.5 Å². The van der Waals surface area contributed by atoms with Gasteiger partial charge in [-0.2, -0.15) is 0 Å². The molecular formula is C14H12ClNO. The highest BCUT2D eigenvalue weighted by Crippen LogP contribution is 2.30. The first-order valence-electron chi connectivity index (χ1n) is 5.73. The van der Waals surface area contributed by atoms with Crippen molar-refractivity contribution >= 4 is 17.6 Å². The molecule has 1 aromatic carbocycles. The number of aryl methyl sites for hydroxylation is 1. The van der Waals surface area contributed by atoms with Crippen LogP contribution in [0.5, 0.6) is 0 Å². The number of Topliss-reactive ketones (excluding diaryl/α,β-unsaturated/α-hetero) is 1. The number of hydrogen-bond donors (Lipinski definition) is 0. The second-order valence-electron chi connectivity index (χ2n) is 4.31.